The maximum Gasteiger partial charge on any atom is 0.298 e. The SMILES string of the molecule is Cc1cccc(C(=O)Nn2c(-c3cccc([N+](=O)[O-])c3)nc3c(-c4ccccc4)n[nH]c3c2=O)c1. The highest BCUT2D eigenvalue weighted by molar-refractivity contribution is 6.00. The van der Waals surface area contributed by atoms with Crippen LogP contribution in [0.25, 0.3) is 33.7 Å². The number of rotatable bonds is 5. The van der Waals surface area contributed by atoms with E-state index in [1.54, 1.807) is 24.3 Å². The summed E-state index contributed by atoms with van der Waals surface area (Å²) >= 11 is 0. The number of nitro benzene ring substituents is 1. The van der Waals surface area contributed by atoms with Crippen molar-refractivity contribution in [2.75, 3.05) is 5.43 Å². The zero-order valence-electron chi connectivity index (χ0n) is 18.4. The van der Waals surface area contributed by atoms with Crippen LogP contribution in [0, 0.1) is 17.0 Å². The highest BCUT2D eigenvalue weighted by Gasteiger charge is 2.21. The second-order valence-corrected chi connectivity index (χ2v) is 7.86. The summed E-state index contributed by atoms with van der Waals surface area (Å²) in [6.45, 7) is 1.85. The standard InChI is InChI=1S/C25H18N6O4/c1-15-7-5-11-18(13-15)24(32)29-30-23(17-10-6-12-19(14-17)31(34)35)26-21-20(16-8-3-2-4-9-16)27-28-22(21)25(30)33/h2-14H,1H3,(H,27,28)(H,29,32). The Morgan fingerprint density at radius 3 is 2.49 bits per heavy atom. The van der Waals surface area contributed by atoms with Crippen molar-refractivity contribution in [1.82, 2.24) is 19.9 Å². The molecule has 2 aromatic heterocycles. The number of hydrogen-bond donors (Lipinski definition) is 2. The molecule has 0 fully saturated rings. The Morgan fingerprint density at radius 1 is 1.00 bits per heavy atom. The molecule has 172 valence electrons. The van der Waals surface area contributed by atoms with Crippen LogP contribution in [0.1, 0.15) is 15.9 Å². The van der Waals surface area contributed by atoms with E-state index in [9.17, 15) is 19.7 Å². The predicted molar refractivity (Wildman–Crippen MR) is 131 cm³/mol. The molecule has 5 rings (SSSR count). The van der Waals surface area contributed by atoms with E-state index in [1.807, 2.05) is 43.3 Å². The van der Waals surface area contributed by atoms with Gasteiger partial charge in [-0.1, -0.05) is 60.2 Å². The van der Waals surface area contributed by atoms with Gasteiger partial charge in [-0.25, -0.2) is 4.98 Å². The number of carbonyl (C=O) groups is 1. The lowest BCUT2D eigenvalue weighted by molar-refractivity contribution is -0.384. The number of fused-ring (bicyclic) bond motifs is 1. The second-order valence-electron chi connectivity index (χ2n) is 7.86. The minimum absolute atomic E-state index is 0.0331. The Hall–Kier alpha value is -5.12. The van der Waals surface area contributed by atoms with E-state index < -0.39 is 16.4 Å². The monoisotopic (exact) mass is 466 g/mol. The number of H-pyrrole nitrogens is 1. The molecule has 2 N–H and O–H groups in total. The minimum atomic E-state index is -0.604. The smallest absolute Gasteiger partial charge is 0.270 e. The number of hydrogen-bond acceptors (Lipinski definition) is 6. The molecular weight excluding hydrogens is 448 g/mol. The highest BCUT2D eigenvalue weighted by atomic mass is 16.6. The molecule has 0 aliphatic carbocycles. The molecule has 5 aromatic rings. The largest absolute Gasteiger partial charge is 0.298 e. The number of nitro groups is 1. The molecule has 1 amide bonds. The molecule has 0 saturated carbocycles. The van der Waals surface area contributed by atoms with Crippen LogP contribution in [0.3, 0.4) is 0 Å². The van der Waals surface area contributed by atoms with E-state index in [1.165, 1.54) is 18.2 Å². The molecule has 0 aliphatic heterocycles. The van der Waals surface area contributed by atoms with E-state index >= 15 is 0 Å². The third kappa shape index (κ3) is 4.04. The third-order valence-electron chi connectivity index (χ3n) is 5.44. The number of aromatic amines is 1. The van der Waals surface area contributed by atoms with Gasteiger partial charge in [0.25, 0.3) is 17.2 Å². The van der Waals surface area contributed by atoms with Crippen molar-refractivity contribution in [1.29, 1.82) is 0 Å². The second kappa shape index (κ2) is 8.67. The van der Waals surface area contributed by atoms with E-state index in [0.29, 0.717) is 11.3 Å². The van der Waals surface area contributed by atoms with Crippen LogP contribution >= 0.6 is 0 Å². The van der Waals surface area contributed by atoms with Gasteiger partial charge in [0.2, 0.25) is 0 Å². The zero-order valence-corrected chi connectivity index (χ0v) is 18.4. The maximum atomic E-state index is 13.5. The summed E-state index contributed by atoms with van der Waals surface area (Å²) in [4.78, 5) is 42.0. The number of carbonyl (C=O) groups excluding carboxylic acids is 1. The van der Waals surface area contributed by atoms with Crippen molar-refractivity contribution in [2.45, 2.75) is 6.92 Å². The van der Waals surface area contributed by atoms with Crippen molar-refractivity contribution >= 4 is 22.6 Å². The van der Waals surface area contributed by atoms with Crippen LogP contribution in [0.5, 0.6) is 0 Å². The first-order valence-corrected chi connectivity index (χ1v) is 10.6. The van der Waals surface area contributed by atoms with Gasteiger partial charge in [-0.15, -0.1) is 0 Å². The van der Waals surface area contributed by atoms with Gasteiger partial charge in [0.15, 0.2) is 11.3 Å². The zero-order chi connectivity index (χ0) is 24.5. The fourth-order valence-corrected chi connectivity index (χ4v) is 3.76. The van der Waals surface area contributed by atoms with Crippen LogP contribution in [-0.2, 0) is 0 Å². The summed E-state index contributed by atoms with van der Waals surface area (Å²) < 4.78 is 0.985. The van der Waals surface area contributed by atoms with E-state index in [-0.39, 0.29) is 28.1 Å². The van der Waals surface area contributed by atoms with Gasteiger partial charge in [0.1, 0.15) is 11.2 Å². The molecule has 0 bridgehead atoms. The average Bonchev–Trinajstić information content (AvgIpc) is 3.30. The van der Waals surface area contributed by atoms with Gasteiger partial charge in [0, 0.05) is 28.8 Å². The molecule has 10 heteroatoms. The van der Waals surface area contributed by atoms with Crippen LogP contribution in [0.15, 0.2) is 83.7 Å². The maximum absolute atomic E-state index is 13.5. The lowest BCUT2D eigenvalue weighted by Gasteiger charge is -2.14. The Kier molecular flexibility index (Phi) is 5.38. The van der Waals surface area contributed by atoms with E-state index in [4.69, 9.17) is 0 Å². The molecule has 2 heterocycles. The van der Waals surface area contributed by atoms with Crippen molar-refractivity contribution < 1.29 is 9.72 Å². The lowest BCUT2D eigenvalue weighted by Crippen LogP contribution is -2.35. The van der Waals surface area contributed by atoms with Gasteiger partial charge in [-0.05, 0) is 19.1 Å². The number of amides is 1. The molecule has 3 aromatic carbocycles. The minimum Gasteiger partial charge on any atom is -0.270 e. The summed E-state index contributed by atoms with van der Waals surface area (Å²) in [6.07, 6.45) is 0. The summed E-state index contributed by atoms with van der Waals surface area (Å²) in [5, 5.41) is 18.4. The molecule has 0 radical (unpaired) electrons. The van der Waals surface area contributed by atoms with Gasteiger partial charge < -0.3 is 0 Å². The van der Waals surface area contributed by atoms with Gasteiger partial charge in [0.05, 0.1) is 4.92 Å². The van der Waals surface area contributed by atoms with Gasteiger partial charge >= 0.3 is 0 Å². The van der Waals surface area contributed by atoms with Crippen LogP contribution in [-0.4, -0.2) is 30.7 Å². The normalized spacial score (nSPS) is 10.9. The number of nitrogens with zero attached hydrogens (tertiary/aromatic N) is 4. The molecule has 0 saturated heterocycles. The number of benzene rings is 3. The summed E-state index contributed by atoms with van der Waals surface area (Å²) in [7, 11) is 0. The molecule has 10 nitrogen and oxygen atoms in total. The van der Waals surface area contributed by atoms with Crippen molar-refractivity contribution in [3.63, 3.8) is 0 Å². The molecule has 0 aliphatic rings. The Morgan fingerprint density at radius 2 is 1.74 bits per heavy atom. The first kappa shape index (κ1) is 21.7. The fraction of sp³-hybridized carbons (Fsp3) is 0.0400. The molecule has 0 unspecified atom stereocenters. The Bertz CT molecular complexity index is 1660. The number of aryl methyl sites for hydroxylation is 1. The quantitative estimate of drug-likeness (QED) is 0.296. The van der Waals surface area contributed by atoms with Crippen molar-refractivity contribution in [3.05, 3.63) is 110 Å². The first-order valence-electron chi connectivity index (χ1n) is 10.6. The highest BCUT2D eigenvalue weighted by Crippen LogP contribution is 2.27. The van der Waals surface area contributed by atoms with E-state index in [2.05, 4.69) is 20.6 Å². The van der Waals surface area contributed by atoms with Gasteiger partial charge in [-0.3, -0.25) is 30.2 Å². The summed E-state index contributed by atoms with van der Waals surface area (Å²) in [6, 6.07) is 21.8. The predicted octanol–water partition coefficient (Wildman–Crippen LogP) is 4.05. The summed E-state index contributed by atoms with van der Waals surface area (Å²) in [5.41, 5.74) is 4.86. The number of nitrogens with one attached hydrogen (secondary N) is 2. The molecule has 35 heavy (non-hydrogen) atoms. The molecular formula is C25H18N6O4. The van der Waals surface area contributed by atoms with Crippen LogP contribution in [0.2, 0.25) is 0 Å². The topological polar surface area (TPSA) is 136 Å². The Balaban J connectivity index is 1.73. The first-order chi connectivity index (χ1) is 16.9. The van der Waals surface area contributed by atoms with E-state index in [0.717, 1.165) is 15.8 Å². The Labute approximate surface area is 198 Å². The molecule has 0 spiro atoms. The molecule has 0 atom stereocenters. The number of aromatic nitrogens is 4. The van der Waals surface area contributed by atoms with Crippen molar-refractivity contribution in [3.8, 4) is 22.6 Å². The van der Waals surface area contributed by atoms with Crippen molar-refractivity contribution in [2.24, 2.45) is 0 Å². The summed E-state index contributed by atoms with van der Waals surface area (Å²) in [5.74, 6) is -0.503. The lowest BCUT2D eigenvalue weighted by atomic mass is 10.1. The fourth-order valence-electron chi connectivity index (χ4n) is 3.76. The van der Waals surface area contributed by atoms with Gasteiger partial charge in [-0.2, -0.15) is 9.77 Å². The van der Waals surface area contributed by atoms with Crippen LogP contribution < -0.4 is 11.0 Å². The average molecular weight is 466 g/mol. The third-order valence-corrected chi connectivity index (χ3v) is 5.44. The van der Waals surface area contributed by atoms with Crippen LogP contribution in [0.4, 0.5) is 5.69 Å². The number of non-ortho nitro benzene ring substituents is 1.